The van der Waals surface area contributed by atoms with E-state index in [0.717, 1.165) is 6.42 Å². The first-order valence-electron chi connectivity index (χ1n) is 5.93. The molecule has 2 atom stereocenters. The quantitative estimate of drug-likeness (QED) is 0.483. The molecule has 2 nitrogen and oxygen atoms in total. The minimum atomic E-state index is -0.00365. The van der Waals surface area contributed by atoms with Crippen molar-refractivity contribution < 1.29 is 9.53 Å². The maximum atomic E-state index is 11.0. The first kappa shape index (κ1) is 11.5. The fraction of sp³-hybridized carbons (Fsp3) is 0.917. The molecule has 0 radical (unpaired) electrons. The molecule has 1 saturated heterocycles. The van der Waals surface area contributed by atoms with Gasteiger partial charge in [0, 0.05) is 5.92 Å². The molecule has 0 spiro atoms. The van der Waals surface area contributed by atoms with E-state index in [1.54, 1.807) is 0 Å². The van der Waals surface area contributed by atoms with Crippen LogP contribution in [-0.2, 0) is 9.53 Å². The van der Waals surface area contributed by atoms with Crippen LogP contribution in [0.4, 0.5) is 0 Å². The number of unbranched alkanes of at least 4 members (excludes halogenated alkanes) is 4. The zero-order valence-corrected chi connectivity index (χ0v) is 9.42. The first-order valence-corrected chi connectivity index (χ1v) is 5.93. The van der Waals surface area contributed by atoms with E-state index >= 15 is 0 Å². The summed E-state index contributed by atoms with van der Waals surface area (Å²) in [7, 11) is 0. The van der Waals surface area contributed by atoms with E-state index in [4.69, 9.17) is 4.74 Å². The summed E-state index contributed by atoms with van der Waals surface area (Å²) >= 11 is 0. The molecule has 0 aromatic heterocycles. The van der Waals surface area contributed by atoms with Crippen LogP contribution >= 0.6 is 0 Å². The van der Waals surface area contributed by atoms with E-state index in [2.05, 4.69) is 13.8 Å². The normalized spacial score (nSPS) is 26.6. The van der Waals surface area contributed by atoms with Crippen LogP contribution in [0.2, 0.25) is 0 Å². The minimum absolute atomic E-state index is 0.00365. The predicted molar refractivity (Wildman–Crippen MR) is 57.0 cm³/mol. The van der Waals surface area contributed by atoms with E-state index in [9.17, 15) is 4.79 Å². The van der Waals surface area contributed by atoms with E-state index in [-0.39, 0.29) is 12.1 Å². The highest BCUT2D eigenvalue weighted by Gasteiger charge is 2.30. The molecule has 1 fully saturated rings. The summed E-state index contributed by atoms with van der Waals surface area (Å²) in [6, 6.07) is 0. The van der Waals surface area contributed by atoms with E-state index < -0.39 is 0 Å². The maximum Gasteiger partial charge on any atom is 0.306 e. The van der Waals surface area contributed by atoms with Crippen LogP contribution in [0.15, 0.2) is 0 Å². The van der Waals surface area contributed by atoms with Crippen LogP contribution in [0.25, 0.3) is 0 Å². The van der Waals surface area contributed by atoms with Gasteiger partial charge >= 0.3 is 5.97 Å². The Morgan fingerprint density at radius 3 is 2.57 bits per heavy atom. The van der Waals surface area contributed by atoms with E-state index in [1.807, 2.05) is 0 Å². The third-order valence-corrected chi connectivity index (χ3v) is 3.00. The van der Waals surface area contributed by atoms with Gasteiger partial charge in [-0.1, -0.05) is 39.5 Å². The van der Waals surface area contributed by atoms with Crippen LogP contribution in [0.3, 0.4) is 0 Å². The van der Waals surface area contributed by atoms with Gasteiger partial charge in [-0.25, -0.2) is 0 Å². The molecule has 0 saturated carbocycles. The Morgan fingerprint density at radius 1 is 1.29 bits per heavy atom. The number of carbonyl (C=O) groups is 1. The highest BCUT2D eigenvalue weighted by Crippen LogP contribution is 2.25. The zero-order valence-electron chi connectivity index (χ0n) is 9.42. The molecule has 14 heavy (non-hydrogen) atoms. The fourth-order valence-electron chi connectivity index (χ4n) is 2.02. The molecule has 2 heteroatoms. The smallest absolute Gasteiger partial charge is 0.306 e. The molecule has 82 valence electrons. The van der Waals surface area contributed by atoms with E-state index in [1.165, 1.54) is 32.1 Å². The van der Waals surface area contributed by atoms with Gasteiger partial charge in [0.15, 0.2) is 0 Å². The minimum Gasteiger partial charge on any atom is -0.462 e. The first-order chi connectivity index (χ1) is 6.74. The Bertz CT molecular complexity index is 177. The van der Waals surface area contributed by atoms with Crippen molar-refractivity contribution in [2.75, 3.05) is 0 Å². The van der Waals surface area contributed by atoms with Gasteiger partial charge in [0.25, 0.3) is 0 Å². The number of carbonyl (C=O) groups excluding carboxylic acids is 1. The highest BCUT2D eigenvalue weighted by atomic mass is 16.5. The lowest BCUT2D eigenvalue weighted by Gasteiger charge is -2.12. The summed E-state index contributed by atoms with van der Waals surface area (Å²) in [4.78, 5) is 11.0. The molecule has 0 N–H and O–H groups in total. The molecule has 1 rings (SSSR count). The fourth-order valence-corrected chi connectivity index (χ4v) is 2.02. The second-order valence-corrected chi connectivity index (χ2v) is 4.41. The van der Waals surface area contributed by atoms with Crippen LogP contribution in [0.5, 0.6) is 0 Å². The largest absolute Gasteiger partial charge is 0.462 e. The third-order valence-electron chi connectivity index (χ3n) is 3.00. The van der Waals surface area contributed by atoms with E-state index in [0.29, 0.717) is 12.3 Å². The molecule has 0 bridgehead atoms. The van der Waals surface area contributed by atoms with Gasteiger partial charge in [-0.3, -0.25) is 4.79 Å². The van der Waals surface area contributed by atoms with Crippen molar-refractivity contribution in [2.45, 2.75) is 64.9 Å². The number of cyclic esters (lactones) is 1. The molecule has 0 aromatic rings. The molecule has 0 amide bonds. The number of ether oxygens (including phenoxy) is 1. The lowest BCUT2D eigenvalue weighted by atomic mass is 9.98. The maximum absolute atomic E-state index is 11.0. The SMILES string of the molecule is CCCCCCC[C@H]1OC(=O)C[C@H]1C. The van der Waals surface area contributed by atoms with Gasteiger partial charge < -0.3 is 4.74 Å². The summed E-state index contributed by atoms with van der Waals surface area (Å²) in [5.41, 5.74) is 0. The van der Waals surface area contributed by atoms with Gasteiger partial charge in [-0.2, -0.15) is 0 Å². The summed E-state index contributed by atoms with van der Waals surface area (Å²) in [5.74, 6) is 0.435. The van der Waals surface area contributed by atoms with Crippen LogP contribution in [0.1, 0.15) is 58.8 Å². The molecule has 0 aliphatic carbocycles. The summed E-state index contributed by atoms with van der Waals surface area (Å²) in [6.07, 6.45) is 8.34. The lowest BCUT2D eigenvalue weighted by molar-refractivity contribution is -0.141. The summed E-state index contributed by atoms with van der Waals surface area (Å²) in [5, 5.41) is 0. The molecule has 1 aliphatic heterocycles. The van der Waals surface area contributed by atoms with Crippen molar-refractivity contribution in [3.8, 4) is 0 Å². The van der Waals surface area contributed by atoms with Gasteiger partial charge in [-0.05, 0) is 12.8 Å². The summed E-state index contributed by atoms with van der Waals surface area (Å²) in [6.45, 7) is 4.34. The third kappa shape index (κ3) is 3.69. The summed E-state index contributed by atoms with van der Waals surface area (Å²) < 4.78 is 5.24. The highest BCUT2D eigenvalue weighted by molar-refractivity contribution is 5.71. The van der Waals surface area contributed by atoms with Crippen molar-refractivity contribution >= 4 is 5.97 Å². The second-order valence-electron chi connectivity index (χ2n) is 4.41. The standard InChI is InChI=1S/C12H22O2/c1-3-4-5-6-7-8-11-10(2)9-12(13)14-11/h10-11H,3-9H2,1-2H3/t10-,11-/m1/s1. The molecule has 0 unspecified atom stereocenters. The Balaban J connectivity index is 2.04. The number of hydrogen-bond acceptors (Lipinski definition) is 2. The van der Waals surface area contributed by atoms with Crippen molar-refractivity contribution in [1.82, 2.24) is 0 Å². The van der Waals surface area contributed by atoms with Crippen molar-refractivity contribution in [2.24, 2.45) is 5.92 Å². The molecule has 0 aromatic carbocycles. The van der Waals surface area contributed by atoms with Gasteiger partial charge in [0.1, 0.15) is 6.10 Å². The van der Waals surface area contributed by atoms with Gasteiger partial charge in [-0.15, -0.1) is 0 Å². The molecular weight excluding hydrogens is 176 g/mol. The van der Waals surface area contributed by atoms with Crippen LogP contribution < -0.4 is 0 Å². The van der Waals surface area contributed by atoms with Crippen molar-refractivity contribution in [3.63, 3.8) is 0 Å². The Labute approximate surface area is 87.0 Å². The number of esters is 1. The van der Waals surface area contributed by atoms with Crippen LogP contribution in [0, 0.1) is 5.92 Å². The Hall–Kier alpha value is -0.530. The predicted octanol–water partition coefficient (Wildman–Crippen LogP) is 3.30. The van der Waals surface area contributed by atoms with Crippen LogP contribution in [-0.4, -0.2) is 12.1 Å². The monoisotopic (exact) mass is 198 g/mol. The average Bonchev–Trinajstić information content (AvgIpc) is 2.45. The topological polar surface area (TPSA) is 26.3 Å². The molecular formula is C12H22O2. The Kier molecular flexibility index (Phi) is 4.99. The average molecular weight is 198 g/mol. The molecule has 1 aliphatic rings. The molecule has 1 heterocycles. The van der Waals surface area contributed by atoms with Gasteiger partial charge in [0.2, 0.25) is 0 Å². The second kappa shape index (κ2) is 6.05. The lowest BCUT2D eigenvalue weighted by Crippen LogP contribution is -2.13. The van der Waals surface area contributed by atoms with Crippen molar-refractivity contribution in [3.05, 3.63) is 0 Å². The Morgan fingerprint density at radius 2 is 2.00 bits per heavy atom. The van der Waals surface area contributed by atoms with Gasteiger partial charge in [0.05, 0.1) is 6.42 Å². The number of rotatable bonds is 6. The van der Waals surface area contributed by atoms with Crippen molar-refractivity contribution in [1.29, 1.82) is 0 Å². The zero-order chi connectivity index (χ0) is 10.4. The number of hydrogen-bond donors (Lipinski definition) is 0.